The molecular weight excluding hydrogens is 461 g/mol. The summed E-state index contributed by atoms with van der Waals surface area (Å²) < 4.78 is 13.4. The zero-order valence-corrected chi connectivity index (χ0v) is 20.5. The van der Waals surface area contributed by atoms with Gasteiger partial charge in [-0.2, -0.15) is 0 Å². The van der Waals surface area contributed by atoms with E-state index in [1.54, 1.807) is 55.6 Å². The maximum Gasteiger partial charge on any atom is 0.149 e. The second kappa shape index (κ2) is 14.5. The number of carbonyl (C=O) groups is 1. The number of nitrogens with zero attached hydrogens (tertiary/aromatic N) is 2. The summed E-state index contributed by atoms with van der Waals surface area (Å²) in [6, 6.07) is 11.7. The third-order valence-corrected chi connectivity index (χ3v) is 11.7. The number of hydrogen-bond donors (Lipinski definition) is 1. The van der Waals surface area contributed by atoms with Crippen molar-refractivity contribution in [2.45, 2.75) is 29.8 Å². The average molecular weight is 488 g/mol. The number of aromatic nitrogens is 2. The van der Waals surface area contributed by atoms with Gasteiger partial charge in [0.2, 0.25) is 0 Å². The van der Waals surface area contributed by atoms with Crippen LogP contribution in [-0.2, 0) is 9.36 Å². The molecule has 0 saturated heterocycles. The second-order valence-corrected chi connectivity index (χ2v) is 13.9. The molecule has 0 aliphatic heterocycles. The molecule has 0 aromatic carbocycles. The molecule has 0 bridgehead atoms. The van der Waals surface area contributed by atoms with E-state index in [0.717, 1.165) is 21.6 Å². The molecule has 2 aromatic heterocycles. The van der Waals surface area contributed by atoms with E-state index in [4.69, 9.17) is 0 Å². The van der Waals surface area contributed by atoms with Crippen molar-refractivity contribution in [3.8, 4) is 0 Å². The lowest BCUT2D eigenvalue weighted by Crippen LogP contribution is -2.20. The van der Waals surface area contributed by atoms with Gasteiger partial charge in [0, 0.05) is 55.6 Å². The summed E-state index contributed by atoms with van der Waals surface area (Å²) in [7, 11) is 4.00. The van der Waals surface area contributed by atoms with Gasteiger partial charge in [-0.15, -0.1) is 0 Å². The maximum atomic E-state index is 13.4. The minimum absolute atomic E-state index is 0.198. The summed E-state index contributed by atoms with van der Waals surface area (Å²) in [5, 5.41) is 5.13. The van der Waals surface area contributed by atoms with Crippen LogP contribution in [0.25, 0.3) is 0 Å². The molecule has 0 aliphatic carbocycles. The molecule has 2 aromatic rings. The molecule has 29 heavy (non-hydrogen) atoms. The minimum atomic E-state index is -2.54. The molecule has 0 spiro atoms. The van der Waals surface area contributed by atoms with E-state index in [1.165, 1.54) is 0 Å². The van der Waals surface area contributed by atoms with E-state index in [9.17, 15) is 9.36 Å². The van der Waals surface area contributed by atoms with Gasteiger partial charge in [0.25, 0.3) is 0 Å². The predicted octanol–water partition coefficient (Wildman–Crippen LogP) is 5.89. The van der Waals surface area contributed by atoms with Gasteiger partial charge in [-0.3, -0.25) is 9.88 Å². The van der Waals surface area contributed by atoms with Crippen LogP contribution in [0.2, 0.25) is 0 Å². The maximum absolute atomic E-state index is 13.4. The monoisotopic (exact) mass is 487 g/mol. The molecule has 0 amide bonds. The van der Waals surface area contributed by atoms with Gasteiger partial charge in [0.1, 0.15) is 23.1 Å². The number of nitrogens with one attached hydrogen (secondary N) is 1. The second-order valence-electron chi connectivity index (χ2n) is 6.03. The van der Waals surface area contributed by atoms with Crippen molar-refractivity contribution < 1.29 is 9.36 Å². The third kappa shape index (κ3) is 10.9. The van der Waals surface area contributed by atoms with E-state index in [2.05, 4.69) is 15.1 Å². The summed E-state index contributed by atoms with van der Waals surface area (Å²) in [5.74, 6) is 1.74. The first-order valence-corrected chi connectivity index (χ1v) is 16.1. The summed E-state index contributed by atoms with van der Waals surface area (Å²) in [6.45, 7) is 2.35. The number of hydrogen-bond acceptors (Lipinski definition) is 8. The summed E-state index contributed by atoms with van der Waals surface area (Å²) >= 11 is 0. The quantitative estimate of drug-likeness (QED) is 0.188. The first-order valence-electron chi connectivity index (χ1n) is 9.37. The number of pyridine rings is 2. The highest BCUT2D eigenvalue weighted by molar-refractivity contribution is 8.77. The van der Waals surface area contributed by atoms with Gasteiger partial charge in [0.05, 0.1) is 0 Å². The molecule has 0 saturated carbocycles. The smallest absolute Gasteiger partial charge is 0.149 e. The summed E-state index contributed by atoms with van der Waals surface area (Å²) in [5.41, 5.74) is 0. The van der Waals surface area contributed by atoms with Gasteiger partial charge in [-0.25, -0.2) is 9.97 Å². The van der Waals surface area contributed by atoms with Crippen LogP contribution in [0, 0.1) is 0 Å². The van der Waals surface area contributed by atoms with E-state index >= 15 is 0 Å². The first kappa shape index (κ1) is 24.8. The lowest BCUT2D eigenvalue weighted by molar-refractivity contribution is -0.118. The molecule has 0 fully saturated rings. The van der Waals surface area contributed by atoms with E-state index in [1.807, 2.05) is 43.3 Å². The van der Waals surface area contributed by atoms with Crippen LogP contribution >= 0.6 is 50.5 Å². The molecule has 0 atom stereocenters. The van der Waals surface area contributed by atoms with Crippen molar-refractivity contribution in [1.82, 2.24) is 15.1 Å². The summed E-state index contributed by atoms with van der Waals surface area (Å²) in [4.78, 5) is 20.2. The molecule has 0 radical (unpaired) electrons. The van der Waals surface area contributed by atoms with Gasteiger partial charge >= 0.3 is 0 Å². The standard InChI is InChI=1S/C19H26N3O2PS4/c1-2-17(23)9-12-22-25(24,13-15-26-28-18-7-3-5-10-20-18)14-16-27-29-19-8-4-6-11-21-19/h3-8,10-11H,2,9,12-16H2,1H3,(H,22,24). The van der Waals surface area contributed by atoms with Crippen LogP contribution in [0.15, 0.2) is 58.8 Å². The van der Waals surface area contributed by atoms with Gasteiger partial charge < -0.3 is 4.57 Å². The average Bonchev–Trinajstić information content (AvgIpc) is 2.76. The molecule has 1 N–H and O–H groups in total. The highest BCUT2D eigenvalue weighted by Gasteiger charge is 2.21. The van der Waals surface area contributed by atoms with Crippen LogP contribution in [0.4, 0.5) is 0 Å². The summed E-state index contributed by atoms with van der Waals surface area (Å²) in [6.07, 6.45) is 5.72. The van der Waals surface area contributed by atoms with Crippen LogP contribution in [0.5, 0.6) is 0 Å². The van der Waals surface area contributed by atoms with Gasteiger partial charge in [-0.1, -0.05) is 40.6 Å². The van der Waals surface area contributed by atoms with E-state index < -0.39 is 7.29 Å². The van der Waals surface area contributed by atoms with Crippen molar-refractivity contribution in [2.24, 2.45) is 0 Å². The largest absolute Gasteiger partial charge is 0.307 e. The Balaban J connectivity index is 1.77. The van der Waals surface area contributed by atoms with Crippen molar-refractivity contribution in [1.29, 1.82) is 0 Å². The zero-order valence-electron chi connectivity index (χ0n) is 16.4. The Hall–Kier alpha value is -0.440. The number of ketones is 1. The SMILES string of the molecule is CCC(=O)CCNP(=O)(CCSSc1ccccn1)CCSSc1ccccn1. The van der Waals surface area contributed by atoms with Crippen LogP contribution in [0.3, 0.4) is 0 Å². The number of carbonyl (C=O) groups excluding carboxylic acids is 1. The van der Waals surface area contributed by atoms with Crippen LogP contribution < -0.4 is 5.09 Å². The zero-order chi connectivity index (χ0) is 20.8. The van der Waals surface area contributed by atoms with Crippen LogP contribution in [-0.4, -0.2) is 46.1 Å². The van der Waals surface area contributed by atoms with Crippen LogP contribution in [0.1, 0.15) is 19.8 Å². The topological polar surface area (TPSA) is 72.0 Å². The van der Waals surface area contributed by atoms with Gasteiger partial charge in [-0.05, 0) is 45.9 Å². The fourth-order valence-corrected chi connectivity index (χ4v) is 10.3. The number of rotatable bonds is 15. The lowest BCUT2D eigenvalue weighted by Gasteiger charge is -2.19. The Bertz CT molecular complexity index is 717. The van der Waals surface area contributed by atoms with Crippen molar-refractivity contribution >= 4 is 56.3 Å². The molecule has 0 aliphatic rings. The molecule has 0 unspecified atom stereocenters. The highest BCUT2D eigenvalue weighted by Crippen LogP contribution is 2.45. The molecular formula is C19H26N3O2PS4. The fraction of sp³-hybridized carbons (Fsp3) is 0.421. The lowest BCUT2D eigenvalue weighted by atomic mass is 10.2. The molecule has 2 heterocycles. The minimum Gasteiger partial charge on any atom is -0.307 e. The molecule has 158 valence electrons. The fourth-order valence-electron chi connectivity index (χ4n) is 2.21. The van der Waals surface area contributed by atoms with E-state index in [-0.39, 0.29) is 5.78 Å². The Kier molecular flexibility index (Phi) is 12.5. The van der Waals surface area contributed by atoms with Crippen molar-refractivity contribution in [2.75, 3.05) is 30.4 Å². The first-order chi connectivity index (χ1) is 14.1. The molecule has 2 rings (SSSR count). The van der Waals surface area contributed by atoms with Gasteiger partial charge in [0.15, 0.2) is 0 Å². The Labute approximate surface area is 189 Å². The Morgan fingerprint density at radius 3 is 1.97 bits per heavy atom. The van der Waals surface area contributed by atoms with Crippen molar-refractivity contribution in [3.63, 3.8) is 0 Å². The number of Topliss-reactive ketones (excluding diaryl/α,β-unsaturated/α-hetero) is 1. The molecule has 5 nitrogen and oxygen atoms in total. The van der Waals surface area contributed by atoms with Crippen molar-refractivity contribution in [3.05, 3.63) is 48.8 Å². The Morgan fingerprint density at radius 2 is 1.52 bits per heavy atom. The third-order valence-electron chi connectivity index (χ3n) is 3.83. The normalized spacial score (nSPS) is 11.5. The highest BCUT2D eigenvalue weighted by atomic mass is 33.1. The molecule has 10 heteroatoms. The predicted molar refractivity (Wildman–Crippen MR) is 130 cm³/mol. The van der Waals surface area contributed by atoms with E-state index in [0.29, 0.717) is 31.7 Å². The Morgan fingerprint density at radius 1 is 0.966 bits per heavy atom.